The Labute approximate surface area is 154 Å². The van der Waals surface area contributed by atoms with Gasteiger partial charge in [0, 0.05) is 23.1 Å². The zero-order chi connectivity index (χ0) is 19.1. The second-order valence-electron chi connectivity index (χ2n) is 6.60. The van der Waals surface area contributed by atoms with Crippen molar-refractivity contribution in [1.29, 1.82) is 0 Å². The van der Waals surface area contributed by atoms with Gasteiger partial charge in [0.15, 0.2) is 11.6 Å². The lowest BCUT2D eigenvalue weighted by Gasteiger charge is -2.35. The van der Waals surface area contributed by atoms with Crippen LogP contribution in [0.1, 0.15) is 45.2 Å². The van der Waals surface area contributed by atoms with Crippen molar-refractivity contribution in [3.8, 4) is 5.75 Å². The number of aromatic hydroxyl groups is 1. The Bertz CT molecular complexity index is 989. The lowest BCUT2D eigenvalue weighted by Crippen LogP contribution is -2.35. The van der Waals surface area contributed by atoms with Crippen LogP contribution < -0.4 is 0 Å². The largest absolute Gasteiger partial charge is 0.507 e. The highest BCUT2D eigenvalue weighted by Gasteiger charge is 2.43. The molecule has 2 atom stereocenters. The number of hydrogen-bond donors (Lipinski definition) is 2. The number of rotatable bonds is 3. The molecule has 2 aliphatic rings. The number of carboxylic acid groups (broad SMARTS) is 1. The molecule has 27 heavy (non-hydrogen) atoms. The third-order valence-corrected chi connectivity index (χ3v) is 4.89. The van der Waals surface area contributed by atoms with Gasteiger partial charge in [-0.3, -0.25) is 14.4 Å². The van der Waals surface area contributed by atoms with Crippen molar-refractivity contribution in [3.63, 3.8) is 0 Å². The van der Waals surface area contributed by atoms with E-state index < -0.39 is 24.0 Å². The molecule has 1 aliphatic heterocycles. The summed E-state index contributed by atoms with van der Waals surface area (Å²) in [5, 5.41) is 19.3. The number of aliphatic carboxylic acids is 1. The molecule has 4 rings (SSSR count). The Hall–Kier alpha value is -3.25. The Morgan fingerprint density at radius 3 is 2.48 bits per heavy atom. The molecule has 0 saturated carbocycles. The molecular formula is C21H16O6. The van der Waals surface area contributed by atoms with Gasteiger partial charge in [-0.15, -0.1) is 0 Å². The van der Waals surface area contributed by atoms with E-state index in [0.717, 1.165) is 0 Å². The SMILES string of the molecule is O=C(O)C[C@@H]1CC2=C(C(=O)c3c(O)cccc3C2=O)[C@H](c2ccccc2)O1. The zero-order valence-corrected chi connectivity index (χ0v) is 14.2. The highest BCUT2D eigenvalue weighted by atomic mass is 16.5. The maximum Gasteiger partial charge on any atom is 0.305 e. The van der Waals surface area contributed by atoms with E-state index in [-0.39, 0.29) is 46.6 Å². The van der Waals surface area contributed by atoms with E-state index in [1.165, 1.54) is 18.2 Å². The molecule has 0 bridgehead atoms. The number of carbonyl (C=O) groups excluding carboxylic acids is 2. The van der Waals surface area contributed by atoms with Gasteiger partial charge >= 0.3 is 5.97 Å². The summed E-state index contributed by atoms with van der Waals surface area (Å²) in [4.78, 5) is 37.4. The van der Waals surface area contributed by atoms with Crippen LogP contribution in [-0.2, 0) is 9.53 Å². The third kappa shape index (κ3) is 2.84. The minimum Gasteiger partial charge on any atom is -0.507 e. The van der Waals surface area contributed by atoms with E-state index >= 15 is 0 Å². The second kappa shape index (κ2) is 6.48. The van der Waals surface area contributed by atoms with Crippen molar-refractivity contribution >= 4 is 17.5 Å². The van der Waals surface area contributed by atoms with Crippen molar-refractivity contribution in [3.05, 3.63) is 76.4 Å². The molecule has 1 heterocycles. The lowest BCUT2D eigenvalue weighted by molar-refractivity contribution is -0.141. The molecule has 0 radical (unpaired) electrons. The fourth-order valence-corrected chi connectivity index (χ4v) is 3.73. The standard InChI is InChI=1S/C21H16O6/c22-15-8-4-7-13-17(15)20(26)18-14(19(13)25)9-12(10-16(23)24)27-21(18)11-5-2-1-3-6-11/h1-8,12,21-22H,9-10H2,(H,23,24)/t12-,21-/m0/s1. The average Bonchev–Trinajstić information content (AvgIpc) is 2.65. The van der Waals surface area contributed by atoms with Gasteiger partial charge in [-0.1, -0.05) is 42.5 Å². The molecule has 6 heteroatoms. The molecule has 1 aliphatic carbocycles. The molecule has 0 spiro atoms. The van der Waals surface area contributed by atoms with E-state index in [1.54, 1.807) is 24.3 Å². The monoisotopic (exact) mass is 364 g/mol. The molecule has 2 aromatic rings. The normalized spacial score (nSPS) is 21.6. The highest BCUT2D eigenvalue weighted by molar-refractivity contribution is 6.28. The molecule has 0 aromatic heterocycles. The Morgan fingerprint density at radius 1 is 1.04 bits per heavy atom. The first-order valence-corrected chi connectivity index (χ1v) is 8.54. The number of carboxylic acids is 1. The van der Waals surface area contributed by atoms with Crippen molar-refractivity contribution < 1.29 is 29.3 Å². The first-order chi connectivity index (χ1) is 13.0. The van der Waals surface area contributed by atoms with Gasteiger partial charge in [0.1, 0.15) is 11.9 Å². The van der Waals surface area contributed by atoms with Crippen LogP contribution >= 0.6 is 0 Å². The van der Waals surface area contributed by atoms with Crippen LogP contribution in [0.5, 0.6) is 5.75 Å². The summed E-state index contributed by atoms with van der Waals surface area (Å²) in [5.41, 5.74) is 1.22. The van der Waals surface area contributed by atoms with E-state index in [2.05, 4.69) is 0 Å². The fourth-order valence-electron chi connectivity index (χ4n) is 3.73. The minimum absolute atomic E-state index is 0.0255. The van der Waals surface area contributed by atoms with Crippen LogP contribution in [0.3, 0.4) is 0 Å². The number of phenolic OH excluding ortho intramolecular Hbond substituents is 1. The maximum atomic E-state index is 13.2. The van der Waals surface area contributed by atoms with Crippen LogP contribution in [0.15, 0.2) is 59.7 Å². The van der Waals surface area contributed by atoms with E-state index in [0.29, 0.717) is 5.56 Å². The molecule has 0 saturated heterocycles. The molecule has 0 amide bonds. The first kappa shape index (κ1) is 17.2. The van der Waals surface area contributed by atoms with Crippen LogP contribution in [0.25, 0.3) is 0 Å². The highest BCUT2D eigenvalue weighted by Crippen LogP contribution is 2.44. The van der Waals surface area contributed by atoms with Gasteiger partial charge in [-0.25, -0.2) is 0 Å². The van der Waals surface area contributed by atoms with Crippen molar-refractivity contribution in [2.24, 2.45) is 0 Å². The number of hydrogen-bond acceptors (Lipinski definition) is 5. The van der Waals surface area contributed by atoms with Gasteiger partial charge < -0.3 is 14.9 Å². The lowest BCUT2D eigenvalue weighted by atomic mass is 9.76. The zero-order valence-electron chi connectivity index (χ0n) is 14.2. The Kier molecular flexibility index (Phi) is 4.12. The van der Waals surface area contributed by atoms with Crippen molar-refractivity contribution in [2.75, 3.05) is 0 Å². The van der Waals surface area contributed by atoms with Crippen molar-refractivity contribution in [2.45, 2.75) is 25.0 Å². The molecule has 0 fully saturated rings. The first-order valence-electron chi connectivity index (χ1n) is 8.54. The quantitative estimate of drug-likeness (QED) is 0.868. The topological polar surface area (TPSA) is 101 Å². The van der Waals surface area contributed by atoms with Crippen LogP contribution in [-0.4, -0.2) is 33.9 Å². The van der Waals surface area contributed by atoms with E-state index in [1.807, 2.05) is 6.07 Å². The summed E-state index contributed by atoms with van der Waals surface area (Å²) in [6.07, 6.45) is -1.80. The fraction of sp³-hybridized carbons (Fsp3) is 0.190. The van der Waals surface area contributed by atoms with Gasteiger partial charge in [-0.2, -0.15) is 0 Å². The van der Waals surface area contributed by atoms with Gasteiger partial charge in [-0.05, 0) is 11.6 Å². The number of fused-ring (bicyclic) bond motifs is 1. The predicted molar refractivity (Wildman–Crippen MR) is 94.7 cm³/mol. The number of benzene rings is 2. The number of carbonyl (C=O) groups is 3. The molecule has 2 N–H and O–H groups in total. The number of ketones is 2. The third-order valence-electron chi connectivity index (χ3n) is 4.89. The second-order valence-corrected chi connectivity index (χ2v) is 6.60. The summed E-state index contributed by atoms with van der Waals surface area (Å²) in [7, 11) is 0. The van der Waals surface area contributed by atoms with Gasteiger partial charge in [0.25, 0.3) is 0 Å². The summed E-state index contributed by atoms with van der Waals surface area (Å²) < 4.78 is 5.93. The number of ether oxygens (including phenoxy) is 1. The van der Waals surface area contributed by atoms with Crippen LogP contribution in [0, 0.1) is 0 Å². The summed E-state index contributed by atoms with van der Waals surface area (Å²) >= 11 is 0. The van der Waals surface area contributed by atoms with Gasteiger partial charge in [0.2, 0.25) is 0 Å². The smallest absolute Gasteiger partial charge is 0.305 e. The number of Topliss-reactive ketones (excluding diaryl/α,β-unsaturated/α-hetero) is 2. The molecule has 2 aromatic carbocycles. The van der Waals surface area contributed by atoms with Crippen LogP contribution in [0.4, 0.5) is 0 Å². The summed E-state index contributed by atoms with van der Waals surface area (Å²) in [5.74, 6) is -2.11. The van der Waals surface area contributed by atoms with Gasteiger partial charge in [0.05, 0.1) is 18.1 Å². The van der Waals surface area contributed by atoms with Crippen LogP contribution in [0.2, 0.25) is 0 Å². The van der Waals surface area contributed by atoms with Crippen molar-refractivity contribution in [1.82, 2.24) is 0 Å². The predicted octanol–water partition coefficient (Wildman–Crippen LogP) is 3.07. The average molecular weight is 364 g/mol. The molecular weight excluding hydrogens is 348 g/mol. The molecule has 0 unspecified atom stereocenters. The maximum absolute atomic E-state index is 13.2. The summed E-state index contributed by atoms with van der Waals surface area (Å²) in [6.45, 7) is 0. The number of phenols is 1. The summed E-state index contributed by atoms with van der Waals surface area (Å²) in [6, 6.07) is 13.3. The Balaban J connectivity index is 1.88. The van der Waals surface area contributed by atoms with E-state index in [9.17, 15) is 19.5 Å². The molecule has 136 valence electrons. The van der Waals surface area contributed by atoms with E-state index in [4.69, 9.17) is 9.84 Å². The molecule has 6 nitrogen and oxygen atoms in total. The minimum atomic E-state index is -1.04. The Morgan fingerprint density at radius 2 is 1.78 bits per heavy atom.